The third-order valence-corrected chi connectivity index (χ3v) is 6.50. The molecule has 2 aromatic rings. The lowest BCUT2D eigenvalue weighted by Crippen LogP contribution is -2.52. The van der Waals surface area contributed by atoms with Gasteiger partial charge in [0.05, 0.1) is 15.9 Å². The molecule has 0 saturated carbocycles. The number of benzene rings is 1. The van der Waals surface area contributed by atoms with Crippen LogP contribution in [0.4, 0.5) is 0 Å². The number of amides is 1. The van der Waals surface area contributed by atoms with Gasteiger partial charge in [0.1, 0.15) is 0 Å². The van der Waals surface area contributed by atoms with Crippen LogP contribution in [-0.4, -0.2) is 73.3 Å². The Morgan fingerprint density at radius 2 is 1.81 bits per heavy atom. The molecule has 1 fully saturated rings. The van der Waals surface area contributed by atoms with E-state index in [1.165, 1.54) is 16.4 Å². The Labute approximate surface area is 163 Å². The van der Waals surface area contributed by atoms with Gasteiger partial charge in [-0.15, -0.1) is 12.4 Å². The number of piperazine rings is 1. The molecule has 1 aromatic heterocycles. The molecular formula is C16H24ClN5O4S. The zero-order valence-corrected chi connectivity index (χ0v) is 16.8. The fourth-order valence-corrected chi connectivity index (χ4v) is 4.62. The summed E-state index contributed by atoms with van der Waals surface area (Å²) in [7, 11) is -1.88. The number of carbonyl (C=O) groups excluding carboxylic acids is 1. The predicted molar refractivity (Wildman–Crippen MR) is 105 cm³/mol. The summed E-state index contributed by atoms with van der Waals surface area (Å²) in [6.45, 7) is 3.69. The third kappa shape index (κ3) is 4.34. The Morgan fingerprint density at radius 1 is 1.19 bits per heavy atom. The first-order valence-electron chi connectivity index (χ1n) is 8.48. The molecule has 3 rings (SSSR count). The van der Waals surface area contributed by atoms with Crippen LogP contribution in [-0.2, 0) is 14.8 Å². The fourth-order valence-electron chi connectivity index (χ4n) is 3.18. The molecule has 1 amide bonds. The standard InChI is InChI=1S/C16H23N5O4S.ClH/c1-11(10-17-2)15(22)20-5-7-21(8-6-20)26(24,25)12-3-4-13-14(9-12)19-16(23)18-13;/h3-4,9,11,17H,5-8,10H2,1-2H3,(H2,18,19,23);1H. The quantitative estimate of drug-likeness (QED) is 0.631. The van der Waals surface area contributed by atoms with Gasteiger partial charge in [-0.1, -0.05) is 6.92 Å². The van der Waals surface area contributed by atoms with E-state index in [4.69, 9.17) is 0 Å². The van der Waals surface area contributed by atoms with Crippen molar-refractivity contribution in [2.75, 3.05) is 39.8 Å². The Morgan fingerprint density at radius 3 is 2.44 bits per heavy atom. The molecule has 0 spiro atoms. The molecular weight excluding hydrogens is 394 g/mol. The number of nitrogens with one attached hydrogen (secondary N) is 3. The van der Waals surface area contributed by atoms with Crippen molar-refractivity contribution >= 4 is 39.4 Å². The van der Waals surface area contributed by atoms with Crippen molar-refractivity contribution in [1.29, 1.82) is 0 Å². The van der Waals surface area contributed by atoms with Crippen molar-refractivity contribution in [3.05, 3.63) is 28.7 Å². The first-order valence-corrected chi connectivity index (χ1v) is 9.92. The van der Waals surface area contributed by atoms with E-state index in [-0.39, 0.29) is 47.9 Å². The summed E-state index contributed by atoms with van der Waals surface area (Å²) in [6, 6.07) is 4.50. The maximum atomic E-state index is 12.9. The smallest absolute Gasteiger partial charge is 0.323 e. The van der Waals surface area contributed by atoms with Crippen molar-refractivity contribution in [3.8, 4) is 0 Å². The number of hydrogen-bond acceptors (Lipinski definition) is 5. The van der Waals surface area contributed by atoms with E-state index in [0.29, 0.717) is 30.7 Å². The number of hydrogen-bond donors (Lipinski definition) is 3. The number of aromatic nitrogens is 2. The highest BCUT2D eigenvalue weighted by Crippen LogP contribution is 2.21. The van der Waals surface area contributed by atoms with Crippen LogP contribution in [0.15, 0.2) is 27.9 Å². The molecule has 1 aliphatic rings. The first kappa shape index (κ1) is 21.4. The molecule has 1 aliphatic heterocycles. The highest BCUT2D eigenvalue weighted by Gasteiger charge is 2.31. The summed E-state index contributed by atoms with van der Waals surface area (Å²) in [5.74, 6) is -0.112. The van der Waals surface area contributed by atoms with Crippen molar-refractivity contribution in [3.63, 3.8) is 0 Å². The topological polar surface area (TPSA) is 118 Å². The summed E-state index contributed by atoms with van der Waals surface area (Å²) in [5.41, 5.74) is 0.631. The second-order valence-electron chi connectivity index (χ2n) is 6.47. The van der Waals surface area contributed by atoms with Gasteiger partial charge in [-0.05, 0) is 25.2 Å². The van der Waals surface area contributed by atoms with Crippen LogP contribution in [0.1, 0.15) is 6.92 Å². The van der Waals surface area contributed by atoms with Gasteiger partial charge in [0.25, 0.3) is 0 Å². The lowest BCUT2D eigenvalue weighted by atomic mass is 10.1. The molecule has 0 aliphatic carbocycles. The average molecular weight is 418 g/mol. The molecule has 0 radical (unpaired) electrons. The van der Waals surface area contributed by atoms with E-state index in [1.54, 1.807) is 18.0 Å². The van der Waals surface area contributed by atoms with Crippen LogP contribution < -0.4 is 11.0 Å². The first-order chi connectivity index (χ1) is 12.3. The molecule has 27 heavy (non-hydrogen) atoms. The van der Waals surface area contributed by atoms with Crippen molar-refractivity contribution in [2.45, 2.75) is 11.8 Å². The van der Waals surface area contributed by atoms with E-state index in [1.807, 2.05) is 6.92 Å². The minimum atomic E-state index is -3.68. The van der Waals surface area contributed by atoms with Crippen LogP contribution in [0, 0.1) is 5.92 Å². The summed E-state index contributed by atoms with van der Waals surface area (Å²) < 4.78 is 27.1. The van der Waals surface area contributed by atoms with E-state index >= 15 is 0 Å². The predicted octanol–water partition coefficient (Wildman–Crippen LogP) is -0.0336. The molecule has 1 aromatic carbocycles. The number of H-pyrrole nitrogens is 2. The minimum absolute atomic E-state index is 0. The molecule has 9 nitrogen and oxygen atoms in total. The van der Waals surface area contributed by atoms with E-state index in [9.17, 15) is 18.0 Å². The molecule has 1 atom stereocenters. The van der Waals surface area contributed by atoms with E-state index in [2.05, 4.69) is 15.3 Å². The monoisotopic (exact) mass is 417 g/mol. The highest BCUT2D eigenvalue weighted by molar-refractivity contribution is 7.89. The van der Waals surface area contributed by atoms with Crippen LogP contribution in [0.2, 0.25) is 0 Å². The van der Waals surface area contributed by atoms with Gasteiger partial charge >= 0.3 is 5.69 Å². The van der Waals surface area contributed by atoms with Crippen LogP contribution in [0.5, 0.6) is 0 Å². The van der Waals surface area contributed by atoms with Crippen LogP contribution >= 0.6 is 12.4 Å². The van der Waals surface area contributed by atoms with Crippen molar-refractivity contribution in [2.24, 2.45) is 5.92 Å². The maximum Gasteiger partial charge on any atom is 0.323 e. The van der Waals surface area contributed by atoms with E-state index < -0.39 is 10.0 Å². The van der Waals surface area contributed by atoms with Crippen LogP contribution in [0.25, 0.3) is 11.0 Å². The van der Waals surface area contributed by atoms with Gasteiger partial charge in [-0.3, -0.25) is 4.79 Å². The number of imidazole rings is 1. The summed E-state index contributed by atoms with van der Waals surface area (Å²) in [4.78, 5) is 30.7. The zero-order valence-electron chi connectivity index (χ0n) is 15.2. The van der Waals surface area contributed by atoms with Crippen molar-refractivity contribution in [1.82, 2.24) is 24.5 Å². The third-order valence-electron chi connectivity index (χ3n) is 4.61. The zero-order chi connectivity index (χ0) is 18.9. The number of sulfonamides is 1. The number of aromatic amines is 2. The number of carbonyl (C=O) groups is 1. The van der Waals surface area contributed by atoms with Gasteiger partial charge in [0, 0.05) is 38.6 Å². The second-order valence-corrected chi connectivity index (χ2v) is 8.41. The summed E-state index contributed by atoms with van der Waals surface area (Å²) in [6.07, 6.45) is 0. The molecule has 150 valence electrons. The normalized spacial score (nSPS) is 16.9. The second kappa shape index (κ2) is 8.42. The van der Waals surface area contributed by atoms with Gasteiger partial charge in [0.2, 0.25) is 15.9 Å². The molecule has 11 heteroatoms. The van der Waals surface area contributed by atoms with Crippen LogP contribution in [0.3, 0.4) is 0 Å². The Kier molecular flexibility index (Phi) is 6.68. The Bertz CT molecular complexity index is 963. The minimum Gasteiger partial charge on any atom is -0.340 e. The Hall–Kier alpha value is -1.88. The van der Waals surface area contributed by atoms with Gasteiger partial charge < -0.3 is 20.2 Å². The lowest BCUT2D eigenvalue weighted by Gasteiger charge is -2.35. The van der Waals surface area contributed by atoms with Gasteiger partial charge in [-0.2, -0.15) is 4.31 Å². The Balaban J connectivity index is 0.00000261. The maximum absolute atomic E-state index is 12.9. The number of nitrogens with zero attached hydrogens (tertiary/aromatic N) is 2. The SMILES string of the molecule is CNCC(C)C(=O)N1CCN(S(=O)(=O)c2ccc3[nH]c(=O)[nH]c3c2)CC1.Cl. The summed E-state index contributed by atoms with van der Waals surface area (Å²) >= 11 is 0. The molecule has 3 N–H and O–H groups in total. The fraction of sp³-hybridized carbons (Fsp3) is 0.500. The van der Waals surface area contributed by atoms with Gasteiger partial charge in [-0.25, -0.2) is 13.2 Å². The van der Waals surface area contributed by atoms with E-state index in [0.717, 1.165) is 0 Å². The van der Waals surface area contributed by atoms with Gasteiger partial charge in [0.15, 0.2) is 0 Å². The largest absolute Gasteiger partial charge is 0.340 e. The summed E-state index contributed by atoms with van der Waals surface area (Å²) in [5, 5.41) is 2.98. The van der Waals surface area contributed by atoms with Crippen molar-refractivity contribution < 1.29 is 13.2 Å². The lowest BCUT2D eigenvalue weighted by molar-refractivity contribution is -0.136. The number of halogens is 1. The number of rotatable bonds is 5. The average Bonchev–Trinajstić information content (AvgIpc) is 3.00. The molecule has 1 unspecified atom stereocenters. The molecule has 1 saturated heterocycles. The molecule has 0 bridgehead atoms. The highest BCUT2D eigenvalue weighted by atomic mass is 35.5. The molecule has 2 heterocycles. The number of fused-ring (bicyclic) bond motifs is 1.